The Morgan fingerprint density at radius 1 is 1.04 bits per heavy atom. The van der Waals surface area contributed by atoms with Crippen LogP contribution in [0.2, 0.25) is 0 Å². The number of nitrogens with zero attached hydrogens (tertiary/aromatic N) is 2. The monoisotopic (exact) mass is 355 g/mol. The average Bonchev–Trinajstić information content (AvgIpc) is 2.94. The number of carbonyl (C=O) groups excluding carboxylic acids is 1. The van der Waals surface area contributed by atoms with Crippen LogP contribution in [0.15, 0.2) is 66.2 Å². The smallest absolute Gasteiger partial charge is 0.266 e. The van der Waals surface area contributed by atoms with Crippen molar-refractivity contribution in [2.45, 2.75) is 20.8 Å². The second kappa shape index (κ2) is 7.76. The summed E-state index contributed by atoms with van der Waals surface area (Å²) in [6.07, 6.45) is 1.64. The minimum Gasteiger partial charge on any atom is -0.321 e. The number of amides is 1. The van der Waals surface area contributed by atoms with Gasteiger partial charge in [0.05, 0.1) is 0 Å². The first-order chi connectivity index (χ1) is 13.0. The molecule has 4 nitrogen and oxygen atoms in total. The predicted molar refractivity (Wildman–Crippen MR) is 109 cm³/mol. The molecule has 0 bridgehead atoms. The van der Waals surface area contributed by atoms with Gasteiger partial charge in [-0.3, -0.25) is 4.79 Å². The molecule has 0 atom stereocenters. The number of nitrogens with one attached hydrogen (secondary N) is 1. The number of benzene rings is 2. The molecule has 2 aromatic carbocycles. The molecule has 1 aromatic heterocycles. The lowest BCUT2D eigenvalue weighted by molar-refractivity contribution is -0.112. The molecule has 0 aliphatic rings. The van der Waals surface area contributed by atoms with E-state index in [1.165, 1.54) is 5.56 Å². The van der Waals surface area contributed by atoms with Crippen LogP contribution in [-0.2, 0) is 4.79 Å². The van der Waals surface area contributed by atoms with Crippen LogP contribution in [0.4, 0.5) is 5.69 Å². The maximum absolute atomic E-state index is 12.4. The highest BCUT2D eigenvalue weighted by Gasteiger charge is 2.14. The number of anilines is 1. The molecule has 3 rings (SSSR count). The van der Waals surface area contributed by atoms with Crippen molar-refractivity contribution in [2.24, 2.45) is 0 Å². The summed E-state index contributed by atoms with van der Waals surface area (Å²) >= 11 is 0. The van der Waals surface area contributed by atoms with Crippen molar-refractivity contribution in [1.82, 2.24) is 4.57 Å². The Hall–Kier alpha value is -3.58. The van der Waals surface area contributed by atoms with Crippen molar-refractivity contribution in [2.75, 3.05) is 5.32 Å². The van der Waals surface area contributed by atoms with Crippen molar-refractivity contribution in [1.29, 1.82) is 5.26 Å². The van der Waals surface area contributed by atoms with Crippen LogP contribution in [-0.4, -0.2) is 10.5 Å². The second-order valence-electron chi connectivity index (χ2n) is 6.49. The van der Waals surface area contributed by atoms with Crippen molar-refractivity contribution in [3.8, 4) is 11.8 Å². The lowest BCUT2D eigenvalue weighted by Gasteiger charge is -2.10. The highest BCUT2D eigenvalue weighted by atomic mass is 16.1. The average molecular weight is 355 g/mol. The van der Waals surface area contributed by atoms with Crippen LogP contribution < -0.4 is 5.32 Å². The Labute approximate surface area is 159 Å². The molecule has 0 unspecified atom stereocenters. The lowest BCUT2D eigenvalue weighted by Crippen LogP contribution is -2.13. The van der Waals surface area contributed by atoms with Crippen LogP contribution in [0.25, 0.3) is 11.8 Å². The quantitative estimate of drug-likeness (QED) is 0.532. The molecule has 1 N–H and O–H groups in total. The van der Waals surface area contributed by atoms with E-state index in [1.807, 2.05) is 44.2 Å². The van der Waals surface area contributed by atoms with E-state index >= 15 is 0 Å². The van der Waals surface area contributed by atoms with Gasteiger partial charge in [0, 0.05) is 22.8 Å². The largest absolute Gasteiger partial charge is 0.321 e. The topological polar surface area (TPSA) is 57.8 Å². The number of aryl methyl sites for hydroxylation is 2. The minimum absolute atomic E-state index is 0.0722. The molecule has 1 heterocycles. The van der Waals surface area contributed by atoms with Gasteiger partial charge in [-0.05, 0) is 62.7 Å². The first kappa shape index (κ1) is 18.2. The lowest BCUT2D eigenvalue weighted by atomic mass is 10.1. The third-order valence-corrected chi connectivity index (χ3v) is 4.46. The number of aromatic nitrogens is 1. The number of nitriles is 1. The Morgan fingerprint density at radius 3 is 2.33 bits per heavy atom. The molecule has 0 aliphatic heterocycles. The highest BCUT2D eigenvalue weighted by Crippen LogP contribution is 2.23. The van der Waals surface area contributed by atoms with E-state index in [1.54, 1.807) is 18.2 Å². The summed E-state index contributed by atoms with van der Waals surface area (Å²) in [6, 6.07) is 21.4. The van der Waals surface area contributed by atoms with E-state index in [9.17, 15) is 10.1 Å². The van der Waals surface area contributed by atoms with Gasteiger partial charge < -0.3 is 9.88 Å². The van der Waals surface area contributed by atoms with Gasteiger partial charge in [0.2, 0.25) is 0 Å². The highest BCUT2D eigenvalue weighted by molar-refractivity contribution is 6.09. The van der Waals surface area contributed by atoms with Crippen molar-refractivity contribution in [3.05, 3.63) is 88.8 Å². The Bertz CT molecular complexity index is 1040. The van der Waals surface area contributed by atoms with Gasteiger partial charge in [0.1, 0.15) is 11.6 Å². The molecule has 134 valence electrons. The number of hydrogen-bond donors (Lipinski definition) is 1. The molecule has 0 radical (unpaired) electrons. The number of para-hydroxylation sites is 1. The van der Waals surface area contributed by atoms with Gasteiger partial charge in [-0.1, -0.05) is 35.9 Å². The molecule has 1 amide bonds. The fraction of sp³-hybridized carbons (Fsp3) is 0.130. The molecular formula is C23H21N3O. The molecular weight excluding hydrogens is 334 g/mol. The summed E-state index contributed by atoms with van der Waals surface area (Å²) in [5, 5.41) is 12.2. The molecule has 0 aliphatic carbocycles. The third kappa shape index (κ3) is 3.99. The molecule has 0 fully saturated rings. The summed E-state index contributed by atoms with van der Waals surface area (Å²) in [4.78, 5) is 12.4. The summed E-state index contributed by atoms with van der Waals surface area (Å²) in [5.74, 6) is -0.413. The predicted octanol–water partition coefficient (Wildman–Crippen LogP) is 4.95. The minimum atomic E-state index is -0.413. The summed E-state index contributed by atoms with van der Waals surface area (Å²) in [5.41, 5.74) is 5.87. The van der Waals surface area contributed by atoms with Gasteiger partial charge in [0.15, 0.2) is 0 Å². The number of carbonyl (C=O) groups is 1. The third-order valence-electron chi connectivity index (χ3n) is 4.46. The first-order valence-electron chi connectivity index (χ1n) is 8.74. The fourth-order valence-electron chi connectivity index (χ4n) is 3.05. The number of rotatable bonds is 4. The second-order valence-corrected chi connectivity index (χ2v) is 6.49. The Balaban J connectivity index is 1.93. The van der Waals surface area contributed by atoms with Gasteiger partial charge in [0.25, 0.3) is 5.91 Å². The van der Waals surface area contributed by atoms with E-state index < -0.39 is 5.91 Å². The zero-order chi connectivity index (χ0) is 19.4. The van der Waals surface area contributed by atoms with Crippen molar-refractivity contribution >= 4 is 17.7 Å². The van der Waals surface area contributed by atoms with Gasteiger partial charge in [-0.2, -0.15) is 5.26 Å². The van der Waals surface area contributed by atoms with Crippen molar-refractivity contribution < 1.29 is 4.79 Å². The van der Waals surface area contributed by atoms with E-state index in [4.69, 9.17) is 0 Å². The van der Waals surface area contributed by atoms with Crippen molar-refractivity contribution in [3.63, 3.8) is 0 Å². The number of hydrogen-bond acceptors (Lipinski definition) is 2. The summed E-state index contributed by atoms with van der Waals surface area (Å²) in [6.45, 7) is 6.06. The van der Waals surface area contributed by atoms with Gasteiger partial charge in [-0.15, -0.1) is 0 Å². The zero-order valence-electron chi connectivity index (χ0n) is 15.7. The Kier molecular flexibility index (Phi) is 5.23. The van der Waals surface area contributed by atoms with Crippen LogP contribution in [0.5, 0.6) is 0 Å². The van der Waals surface area contributed by atoms with Gasteiger partial charge in [-0.25, -0.2) is 0 Å². The molecule has 0 saturated carbocycles. The van der Waals surface area contributed by atoms with E-state index in [0.29, 0.717) is 5.69 Å². The molecule has 4 heteroatoms. The van der Waals surface area contributed by atoms with E-state index in [-0.39, 0.29) is 5.57 Å². The van der Waals surface area contributed by atoms with E-state index in [2.05, 4.69) is 41.1 Å². The normalized spacial score (nSPS) is 11.1. The van der Waals surface area contributed by atoms with Crippen LogP contribution in [0.1, 0.15) is 22.5 Å². The summed E-state index contributed by atoms with van der Waals surface area (Å²) < 4.78 is 2.12. The molecule has 0 spiro atoms. The molecule has 0 saturated heterocycles. The maximum atomic E-state index is 12.4. The SMILES string of the molecule is Cc1ccc(-n2c(C)cc(C=C(C#N)C(=O)Nc3ccccc3)c2C)cc1. The zero-order valence-corrected chi connectivity index (χ0v) is 15.7. The fourth-order valence-corrected chi connectivity index (χ4v) is 3.05. The van der Waals surface area contributed by atoms with E-state index in [0.717, 1.165) is 22.6 Å². The van der Waals surface area contributed by atoms with Gasteiger partial charge >= 0.3 is 0 Å². The molecule has 27 heavy (non-hydrogen) atoms. The summed E-state index contributed by atoms with van der Waals surface area (Å²) in [7, 11) is 0. The van der Waals surface area contributed by atoms with Crippen LogP contribution in [0, 0.1) is 32.1 Å². The maximum Gasteiger partial charge on any atom is 0.266 e. The van der Waals surface area contributed by atoms with Crippen LogP contribution >= 0.6 is 0 Å². The Morgan fingerprint density at radius 2 is 1.70 bits per heavy atom. The molecule has 3 aromatic rings. The van der Waals surface area contributed by atoms with Crippen LogP contribution in [0.3, 0.4) is 0 Å². The standard InChI is InChI=1S/C23H21N3O/c1-16-9-11-22(12-10-16)26-17(2)13-19(18(26)3)14-20(15-24)23(27)25-21-7-5-4-6-8-21/h4-14H,1-3H3,(H,25,27). The first-order valence-corrected chi connectivity index (χ1v) is 8.74.